The van der Waals surface area contributed by atoms with Gasteiger partial charge in [0.25, 0.3) is 0 Å². The van der Waals surface area contributed by atoms with E-state index in [0.29, 0.717) is 13.0 Å². The highest BCUT2D eigenvalue weighted by molar-refractivity contribution is 6.03. The second-order valence-electron chi connectivity index (χ2n) is 4.54. The Hall–Kier alpha value is -1.56. The van der Waals surface area contributed by atoms with Crippen molar-refractivity contribution >= 4 is 11.5 Å². The van der Waals surface area contributed by atoms with Gasteiger partial charge in [0.15, 0.2) is 5.78 Å². The first-order chi connectivity index (χ1) is 8.91. The second kappa shape index (κ2) is 5.21. The van der Waals surface area contributed by atoms with Gasteiger partial charge in [-0.3, -0.25) is 4.79 Å². The summed E-state index contributed by atoms with van der Waals surface area (Å²) in [4.78, 5) is 12.2. The number of ether oxygens (including phenoxy) is 1. The SMILES string of the molecule is Nc1c(C(=O)C2CCCOC2)cccc1C(F)(F)F. The summed E-state index contributed by atoms with van der Waals surface area (Å²) in [5.41, 5.74) is 3.97. The van der Waals surface area contributed by atoms with E-state index in [1.807, 2.05) is 0 Å². The van der Waals surface area contributed by atoms with Crippen LogP contribution in [0.4, 0.5) is 18.9 Å². The zero-order valence-electron chi connectivity index (χ0n) is 10.2. The molecule has 2 rings (SSSR count). The predicted octanol–water partition coefficient (Wildman–Crippen LogP) is 2.90. The third kappa shape index (κ3) is 2.89. The van der Waals surface area contributed by atoms with E-state index >= 15 is 0 Å². The fourth-order valence-corrected chi connectivity index (χ4v) is 2.19. The molecule has 0 amide bonds. The molecule has 0 bridgehead atoms. The first-order valence-corrected chi connectivity index (χ1v) is 5.99. The number of ketones is 1. The molecule has 1 aromatic rings. The molecule has 1 aromatic carbocycles. The molecule has 3 nitrogen and oxygen atoms in total. The van der Waals surface area contributed by atoms with Crippen molar-refractivity contribution in [3.8, 4) is 0 Å². The molecule has 0 saturated carbocycles. The van der Waals surface area contributed by atoms with Gasteiger partial charge in [-0.2, -0.15) is 13.2 Å². The molecule has 2 N–H and O–H groups in total. The highest BCUT2D eigenvalue weighted by Crippen LogP contribution is 2.36. The lowest BCUT2D eigenvalue weighted by Crippen LogP contribution is -2.26. The quantitative estimate of drug-likeness (QED) is 0.666. The number of nitrogens with two attached hydrogens (primary N) is 1. The van der Waals surface area contributed by atoms with Gasteiger partial charge in [0, 0.05) is 18.1 Å². The highest BCUT2D eigenvalue weighted by atomic mass is 19.4. The zero-order valence-corrected chi connectivity index (χ0v) is 10.2. The van der Waals surface area contributed by atoms with Crippen molar-refractivity contribution in [1.82, 2.24) is 0 Å². The summed E-state index contributed by atoms with van der Waals surface area (Å²) in [6, 6.07) is 3.42. The number of rotatable bonds is 2. The highest BCUT2D eigenvalue weighted by Gasteiger charge is 2.35. The molecule has 1 unspecified atom stereocenters. The number of Topliss-reactive ketones (excluding diaryl/α,β-unsaturated/α-hetero) is 1. The minimum Gasteiger partial charge on any atom is -0.398 e. The van der Waals surface area contributed by atoms with Crippen molar-refractivity contribution in [2.45, 2.75) is 19.0 Å². The van der Waals surface area contributed by atoms with Gasteiger partial charge in [-0.15, -0.1) is 0 Å². The van der Waals surface area contributed by atoms with Crippen LogP contribution in [0.15, 0.2) is 18.2 Å². The monoisotopic (exact) mass is 273 g/mol. The number of anilines is 1. The number of benzene rings is 1. The van der Waals surface area contributed by atoms with Gasteiger partial charge >= 0.3 is 6.18 Å². The number of carbonyl (C=O) groups is 1. The largest absolute Gasteiger partial charge is 0.418 e. The summed E-state index contributed by atoms with van der Waals surface area (Å²) in [5.74, 6) is -0.775. The Morgan fingerprint density at radius 2 is 2.11 bits per heavy atom. The Kier molecular flexibility index (Phi) is 3.80. The van der Waals surface area contributed by atoms with E-state index in [-0.39, 0.29) is 18.0 Å². The molecule has 1 aliphatic heterocycles. The van der Waals surface area contributed by atoms with Crippen LogP contribution in [0.3, 0.4) is 0 Å². The maximum absolute atomic E-state index is 12.7. The second-order valence-corrected chi connectivity index (χ2v) is 4.54. The molecule has 1 heterocycles. The fraction of sp³-hybridized carbons (Fsp3) is 0.462. The van der Waals surface area contributed by atoms with Crippen molar-refractivity contribution in [2.24, 2.45) is 5.92 Å². The van der Waals surface area contributed by atoms with Crippen LogP contribution >= 0.6 is 0 Å². The molecular formula is C13H14F3NO2. The molecule has 6 heteroatoms. The van der Waals surface area contributed by atoms with Gasteiger partial charge in [0.1, 0.15) is 0 Å². The van der Waals surface area contributed by atoms with Crippen molar-refractivity contribution in [1.29, 1.82) is 0 Å². The summed E-state index contributed by atoms with van der Waals surface area (Å²) in [5, 5.41) is 0. The Balaban J connectivity index is 2.32. The number of carbonyl (C=O) groups excluding carboxylic acids is 1. The summed E-state index contributed by atoms with van der Waals surface area (Å²) < 4.78 is 43.3. The molecule has 1 fully saturated rings. The molecule has 0 aliphatic carbocycles. The van der Waals surface area contributed by atoms with Gasteiger partial charge in [-0.1, -0.05) is 6.07 Å². The van der Waals surface area contributed by atoms with Crippen LogP contribution in [0.2, 0.25) is 0 Å². The van der Waals surface area contributed by atoms with Gasteiger partial charge in [0.05, 0.1) is 17.9 Å². The maximum atomic E-state index is 12.7. The Bertz CT molecular complexity index is 479. The normalized spacial score (nSPS) is 20.3. The Morgan fingerprint density at radius 3 is 2.68 bits per heavy atom. The van der Waals surface area contributed by atoms with Crippen LogP contribution in [0.5, 0.6) is 0 Å². The number of nitrogen functional groups attached to an aromatic ring is 1. The van der Waals surface area contributed by atoms with E-state index in [2.05, 4.69) is 0 Å². The number of hydrogen-bond donors (Lipinski definition) is 1. The molecule has 0 spiro atoms. The summed E-state index contributed by atoms with van der Waals surface area (Å²) in [7, 11) is 0. The standard InChI is InChI=1S/C13H14F3NO2/c14-13(15,16)10-5-1-4-9(11(10)17)12(18)8-3-2-6-19-7-8/h1,4-5,8H,2-3,6-7,17H2. The van der Waals surface area contributed by atoms with Crippen molar-refractivity contribution in [3.63, 3.8) is 0 Å². The number of para-hydroxylation sites is 1. The molecule has 0 radical (unpaired) electrons. The molecule has 19 heavy (non-hydrogen) atoms. The molecule has 1 saturated heterocycles. The van der Waals surface area contributed by atoms with Crippen LogP contribution in [-0.2, 0) is 10.9 Å². The maximum Gasteiger partial charge on any atom is 0.418 e. The van der Waals surface area contributed by atoms with Crippen LogP contribution in [0, 0.1) is 5.92 Å². The minimum atomic E-state index is -4.55. The van der Waals surface area contributed by atoms with Gasteiger partial charge in [-0.25, -0.2) is 0 Å². The van der Waals surface area contributed by atoms with Crippen LogP contribution < -0.4 is 5.73 Å². The van der Waals surface area contributed by atoms with Crippen LogP contribution in [0.25, 0.3) is 0 Å². The summed E-state index contributed by atoms with van der Waals surface area (Å²) in [6.07, 6.45) is -3.20. The average Bonchev–Trinajstić information content (AvgIpc) is 2.38. The lowest BCUT2D eigenvalue weighted by molar-refractivity contribution is -0.136. The number of halogens is 3. The van der Waals surface area contributed by atoms with Crippen LogP contribution in [-0.4, -0.2) is 19.0 Å². The molecule has 1 aliphatic rings. The first-order valence-electron chi connectivity index (χ1n) is 5.99. The number of hydrogen-bond acceptors (Lipinski definition) is 3. The van der Waals surface area contributed by atoms with Crippen LogP contribution in [0.1, 0.15) is 28.8 Å². The van der Waals surface area contributed by atoms with E-state index in [1.165, 1.54) is 12.1 Å². The molecule has 1 atom stereocenters. The average molecular weight is 273 g/mol. The van der Waals surface area contributed by atoms with Crippen molar-refractivity contribution < 1.29 is 22.7 Å². The lowest BCUT2D eigenvalue weighted by atomic mass is 9.91. The van der Waals surface area contributed by atoms with Gasteiger partial charge in [-0.05, 0) is 25.0 Å². The van der Waals surface area contributed by atoms with Crippen molar-refractivity contribution in [2.75, 3.05) is 18.9 Å². The predicted molar refractivity (Wildman–Crippen MR) is 63.7 cm³/mol. The summed E-state index contributed by atoms with van der Waals surface area (Å²) in [6.45, 7) is 0.830. The van der Waals surface area contributed by atoms with Gasteiger partial charge < -0.3 is 10.5 Å². The molecule has 0 aromatic heterocycles. The zero-order chi connectivity index (χ0) is 14.0. The lowest BCUT2D eigenvalue weighted by Gasteiger charge is -2.22. The third-order valence-corrected chi connectivity index (χ3v) is 3.21. The minimum absolute atomic E-state index is 0.0645. The van der Waals surface area contributed by atoms with E-state index < -0.39 is 23.3 Å². The topological polar surface area (TPSA) is 52.3 Å². The van der Waals surface area contributed by atoms with E-state index in [0.717, 1.165) is 12.5 Å². The van der Waals surface area contributed by atoms with Gasteiger partial charge in [0.2, 0.25) is 0 Å². The fourth-order valence-electron chi connectivity index (χ4n) is 2.19. The number of alkyl halides is 3. The first kappa shape index (κ1) is 13.9. The van der Waals surface area contributed by atoms with E-state index in [4.69, 9.17) is 10.5 Å². The van der Waals surface area contributed by atoms with E-state index in [1.54, 1.807) is 0 Å². The van der Waals surface area contributed by atoms with Crippen molar-refractivity contribution in [3.05, 3.63) is 29.3 Å². The Morgan fingerprint density at radius 1 is 1.37 bits per heavy atom. The van der Waals surface area contributed by atoms with E-state index in [9.17, 15) is 18.0 Å². The molecule has 104 valence electrons. The molecular weight excluding hydrogens is 259 g/mol. The Labute approximate surface area is 108 Å². The third-order valence-electron chi connectivity index (χ3n) is 3.21. The smallest absolute Gasteiger partial charge is 0.398 e. The summed E-state index contributed by atoms with van der Waals surface area (Å²) >= 11 is 0.